The molecule has 0 atom stereocenters. The summed E-state index contributed by atoms with van der Waals surface area (Å²) in [6, 6.07) is 7.31. The van der Waals surface area contributed by atoms with Crippen LogP contribution >= 0.6 is 35.6 Å². The van der Waals surface area contributed by atoms with Gasteiger partial charge in [0.2, 0.25) is 0 Å². The molecular weight excluding hydrogens is 304 g/mol. The van der Waals surface area contributed by atoms with Gasteiger partial charge in [0.25, 0.3) is 0 Å². The third-order valence-electron chi connectivity index (χ3n) is 1.89. The topological polar surface area (TPSA) is 50.7 Å². The standard InChI is InChI=1S/C12H13ClN2O2S2/c1-2-17-11(16)8-19-12(18)15-14-7-9-5-3-4-6-10(9)13/h3-7H,2,8H2,1H3,(H,15,18)/b14-7+. The fourth-order valence-corrected chi connectivity index (χ4v) is 1.96. The molecule has 4 nitrogen and oxygen atoms in total. The Hall–Kier alpha value is -1.11. The third-order valence-corrected chi connectivity index (χ3v) is 3.41. The lowest BCUT2D eigenvalue weighted by Crippen LogP contribution is -2.15. The summed E-state index contributed by atoms with van der Waals surface area (Å²) in [5.74, 6) is -0.131. The van der Waals surface area contributed by atoms with Crippen LogP contribution in [0.15, 0.2) is 29.4 Å². The quantitative estimate of drug-likeness (QED) is 0.392. The van der Waals surface area contributed by atoms with Crippen LogP contribution in [0.5, 0.6) is 0 Å². The number of hydrogen-bond acceptors (Lipinski definition) is 5. The highest BCUT2D eigenvalue weighted by molar-refractivity contribution is 8.23. The number of hydrogen-bond donors (Lipinski definition) is 1. The molecule has 1 rings (SSSR count). The highest BCUT2D eigenvalue weighted by atomic mass is 35.5. The van der Waals surface area contributed by atoms with Gasteiger partial charge in [-0.25, -0.2) is 0 Å². The average molecular weight is 317 g/mol. The van der Waals surface area contributed by atoms with E-state index < -0.39 is 0 Å². The highest BCUT2D eigenvalue weighted by Gasteiger charge is 2.04. The van der Waals surface area contributed by atoms with E-state index >= 15 is 0 Å². The molecule has 0 fully saturated rings. The summed E-state index contributed by atoms with van der Waals surface area (Å²) in [6.45, 7) is 2.12. The molecule has 0 saturated heterocycles. The fourth-order valence-electron chi connectivity index (χ4n) is 1.09. The van der Waals surface area contributed by atoms with E-state index in [4.69, 9.17) is 28.6 Å². The Morgan fingerprint density at radius 2 is 2.32 bits per heavy atom. The maximum atomic E-state index is 11.1. The van der Waals surface area contributed by atoms with E-state index in [0.29, 0.717) is 16.0 Å². The lowest BCUT2D eigenvalue weighted by Gasteiger charge is -2.02. The van der Waals surface area contributed by atoms with Crippen LogP contribution in [0.1, 0.15) is 12.5 Å². The molecule has 0 aliphatic heterocycles. The summed E-state index contributed by atoms with van der Waals surface area (Å²) >= 11 is 12.1. The first-order chi connectivity index (χ1) is 9.13. The largest absolute Gasteiger partial charge is 0.465 e. The average Bonchev–Trinajstić information content (AvgIpc) is 2.39. The number of thioether (sulfide) groups is 1. The zero-order chi connectivity index (χ0) is 14.1. The number of benzene rings is 1. The maximum Gasteiger partial charge on any atom is 0.316 e. The third kappa shape index (κ3) is 6.56. The normalized spacial score (nSPS) is 10.4. The molecule has 1 aromatic carbocycles. The SMILES string of the molecule is CCOC(=O)CSC(=S)N/N=C/c1ccccc1Cl. The second kappa shape index (κ2) is 8.90. The van der Waals surface area contributed by atoms with Crippen molar-refractivity contribution >= 4 is 52.1 Å². The summed E-state index contributed by atoms with van der Waals surface area (Å²) in [7, 11) is 0. The number of rotatable bonds is 5. The molecule has 1 N–H and O–H groups in total. The van der Waals surface area contributed by atoms with Crippen molar-refractivity contribution in [2.45, 2.75) is 6.92 Å². The molecule has 102 valence electrons. The molecule has 0 bridgehead atoms. The van der Waals surface area contributed by atoms with E-state index in [1.807, 2.05) is 18.2 Å². The van der Waals surface area contributed by atoms with Crippen molar-refractivity contribution in [3.05, 3.63) is 34.9 Å². The van der Waals surface area contributed by atoms with E-state index in [1.165, 1.54) is 0 Å². The van der Waals surface area contributed by atoms with Crippen molar-refractivity contribution in [1.29, 1.82) is 0 Å². The number of nitrogens with zero attached hydrogens (tertiary/aromatic N) is 1. The number of thiocarbonyl (C=S) groups is 1. The number of nitrogens with one attached hydrogen (secondary N) is 1. The number of carbonyl (C=O) groups excluding carboxylic acids is 1. The number of esters is 1. The van der Waals surface area contributed by atoms with Crippen LogP contribution in [0, 0.1) is 0 Å². The lowest BCUT2D eigenvalue weighted by atomic mass is 10.2. The Bertz CT molecular complexity index is 481. The summed E-state index contributed by atoms with van der Waals surface area (Å²) in [6.07, 6.45) is 1.57. The van der Waals surface area contributed by atoms with Crippen molar-refractivity contribution in [3.63, 3.8) is 0 Å². The molecule has 19 heavy (non-hydrogen) atoms. The number of carbonyl (C=O) groups is 1. The Labute approximate surface area is 126 Å². The summed E-state index contributed by atoms with van der Waals surface area (Å²) in [5, 5.41) is 4.56. The maximum absolute atomic E-state index is 11.1. The molecule has 0 amide bonds. The van der Waals surface area contributed by atoms with Gasteiger partial charge in [0.1, 0.15) is 0 Å². The zero-order valence-electron chi connectivity index (χ0n) is 10.3. The molecule has 1 aromatic rings. The molecule has 0 spiro atoms. The van der Waals surface area contributed by atoms with Crippen LogP contribution in [0.2, 0.25) is 5.02 Å². The van der Waals surface area contributed by atoms with Gasteiger partial charge in [-0.15, -0.1) is 0 Å². The molecule has 0 radical (unpaired) electrons. The summed E-state index contributed by atoms with van der Waals surface area (Å²) < 4.78 is 5.18. The van der Waals surface area contributed by atoms with E-state index in [9.17, 15) is 4.79 Å². The first-order valence-corrected chi connectivity index (χ1v) is 7.26. The molecule has 0 unspecified atom stereocenters. The van der Waals surface area contributed by atoms with Crippen LogP contribution in [0.4, 0.5) is 0 Å². The first-order valence-electron chi connectivity index (χ1n) is 5.49. The predicted molar refractivity (Wildman–Crippen MR) is 83.9 cm³/mol. The minimum absolute atomic E-state index is 0.168. The second-order valence-electron chi connectivity index (χ2n) is 3.27. The molecule has 0 aromatic heterocycles. The Morgan fingerprint density at radius 3 is 3.00 bits per heavy atom. The van der Waals surface area contributed by atoms with E-state index in [1.54, 1.807) is 19.2 Å². The number of ether oxygens (including phenoxy) is 1. The molecule has 0 saturated carbocycles. The Balaban J connectivity index is 2.34. The number of hydrazone groups is 1. The van der Waals surface area contributed by atoms with Crippen molar-refractivity contribution in [2.75, 3.05) is 12.4 Å². The molecule has 7 heteroatoms. The predicted octanol–water partition coefficient (Wildman–Crippen LogP) is 2.84. The van der Waals surface area contributed by atoms with E-state index in [0.717, 1.165) is 17.3 Å². The van der Waals surface area contributed by atoms with Crippen molar-refractivity contribution < 1.29 is 9.53 Å². The van der Waals surface area contributed by atoms with Gasteiger partial charge < -0.3 is 4.74 Å². The van der Waals surface area contributed by atoms with Crippen molar-refractivity contribution in [1.82, 2.24) is 5.43 Å². The molecule has 0 aliphatic rings. The van der Waals surface area contributed by atoms with Crippen LogP contribution < -0.4 is 5.43 Å². The summed E-state index contributed by atoms with van der Waals surface area (Å²) in [4.78, 5) is 11.1. The van der Waals surface area contributed by atoms with Gasteiger partial charge >= 0.3 is 5.97 Å². The smallest absolute Gasteiger partial charge is 0.316 e. The van der Waals surface area contributed by atoms with Gasteiger partial charge in [-0.2, -0.15) is 5.10 Å². The van der Waals surface area contributed by atoms with Crippen LogP contribution in [-0.2, 0) is 9.53 Å². The molecule has 0 aliphatic carbocycles. The number of halogens is 1. The van der Waals surface area contributed by atoms with Crippen LogP contribution in [-0.4, -0.2) is 28.9 Å². The van der Waals surface area contributed by atoms with Gasteiger partial charge in [0.05, 0.1) is 18.6 Å². The van der Waals surface area contributed by atoms with Crippen LogP contribution in [0.3, 0.4) is 0 Å². The highest BCUT2D eigenvalue weighted by Crippen LogP contribution is 2.12. The van der Waals surface area contributed by atoms with Crippen molar-refractivity contribution in [3.8, 4) is 0 Å². The minimum Gasteiger partial charge on any atom is -0.465 e. The van der Waals surface area contributed by atoms with E-state index in [2.05, 4.69) is 10.5 Å². The zero-order valence-corrected chi connectivity index (χ0v) is 12.6. The fraction of sp³-hybridized carbons (Fsp3) is 0.250. The van der Waals surface area contributed by atoms with Crippen LogP contribution in [0.25, 0.3) is 0 Å². The first kappa shape index (κ1) is 15.9. The van der Waals surface area contributed by atoms with Gasteiger partial charge in [0.15, 0.2) is 4.32 Å². The summed E-state index contributed by atoms with van der Waals surface area (Å²) in [5.41, 5.74) is 3.44. The van der Waals surface area contributed by atoms with E-state index in [-0.39, 0.29) is 11.7 Å². The Morgan fingerprint density at radius 1 is 1.58 bits per heavy atom. The molecule has 0 heterocycles. The van der Waals surface area contributed by atoms with Gasteiger partial charge in [-0.1, -0.05) is 53.8 Å². The second-order valence-corrected chi connectivity index (χ2v) is 5.33. The Kier molecular flexibility index (Phi) is 7.47. The monoisotopic (exact) mass is 316 g/mol. The van der Waals surface area contributed by atoms with Gasteiger partial charge in [-0.05, 0) is 13.0 Å². The molecular formula is C12H13ClN2O2S2. The minimum atomic E-state index is -0.299. The van der Waals surface area contributed by atoms with Crippen molar-refractivity contribution in [2.24, 2.45) is 5.10 Å². The van der Waals surface area contributed by atoms with Gasteiger partial charge in [0, 0.05) is 10.6 Å². The lowest BCUT2D eigenvalue weighted by molar-refractivity contribution is -0.139. The van der Waals surface area contributed by atoms with Gasteiger partial charge in [-0.3, -0.25) is 10.2 Å².